The normalized spacial score (nSPS) is 12.2. The average molecular weight is 296 g/mol. The SMILES string of the molecule is Cc1ccc(NCC(O)c2cc(Cl)ccc2Cl)cc1. The summed E-state index contributed by atoms with van der Waals surface area (Å²) in [6.45, 7) is 2.41. The fourth-order valence-electron chi connectivity index (χ4n) is 1.77. The van der Waals surface area contributed by atoms with E-state index < -0.39 is 6.10 Å². The minimum atomic E-state index is -0.701. The van der Waals surface area contributed by atoms with Gasteiger partial charge in [-0.25, -0.2) is 0 Å². The Balaban J connectivity index is 2.03. The molecule has 0 bridgehead atoms. The van der Waals surface area contributed by atoms with Gasteiger partial charge >= 0.3 is 0 Å². The predicted molar refractivity (Wildman–Crippen MR) is 81.1 cm³/mol. The van der Waals surface area contributed by atoms with E-state index in [1.165, 1.54) is 5.56 Å². The molecule has 4 heteroatoms. The minimum absolute atomic E-state index is 0.378. The quantitative estimate of drug-likeness (QED) is 0.873. The van der Waals surface area contributed by atoms with Crippen molar-refractivity contribution in [3.8, 4) is 0 Å². The van der Waals surface area contributed by atoms with E-state index in [1.54, 1.807) is 18.2 Å². The molecule has 0 saturated heterocycles. The zero-order chi connectivity index (χ0) is 13.8. The molecule has 2 aromatic rings. The summed E-state index contributed by atoms with van der Waals surface area (Å²) in [5.74, 6) is 0. The van der Waals surface area contributed by atoms with Gasteiger partial charge in [-0.15, -0.1) is 0 Å². The molecule has 2 rings (SSSR count). The van der Waals surface area contributed by atoms with Crippen LogP contribution < -0.4 is 5.32 Å². The molecule has 2 aromatic carbocycles. The number of halogens is 2. The Bertz CT molecular complexity index is 555. The van der Waals surface area contributed by atoms with Crippen molar-refractivity contribution >= 4 is 28.9 Å². The van der Waals surface area contributed by atoms with Crippen LogP contribution in [0.4, 0.5) is 5.69 Å². The lowest BCUT2D eigenvalue weighted by molar-refractivity contribution is 0.192. The van der Waals surface area contributed by atoms with Crippen LogP contribution in [0.3, 0.4) is 0 Å². The highest BCUT2D eigenvalue weighted by Gasteiger charge is 2.11. The van der Waals surface area contributed by atoms with Gasteiger partial charge in [-0.3, -0.25) is 0 Å². The van der Waals surface area contributed by atoms with Crippen LogP contribution in [-0.4, -0.2) is 11.7 Å². The Hall–Kier alpha value is -1.22. The van der Waals surface area contributed by atoms with Crippen LogP contribution in [0, 0.1) is 6.92 Å². The Morgan fingerprint density at radius 3 is 2.47 bits per heavy atom. The maximum Gasteiger partial charge on any atom is 0.0977 e. The number of hydrogen-bond acceptors (Lipinski definition) is 2. The van der Waals surface area contributed by atoms with Gasteiger partial charge in [0.05, 0.1) is 6.10 Å². The van der Waals surface area contributed by atoms with Crippen LogP contribution in [0.1, 0.15) is 17.2 Å². The number of hydrogen-bond donors (Lipinski definition) is 2. The van der Waals surface area contributed by atoms with Crippen LogP contribution in [0.25, 0.3) is 0 Å². The van der Waals surface area contributed by atoms with Crippen molar-refractivity contribution < 1.29 is 5.11 Å². The average Bonchev–Trinajstić information content (AvgIpc) is 2.40. The molecule has 0 saturated carbocycles. The summed E-state index contributed by atoms with van der Waals surface area (Å²) in [6.07, 6.45) is -0.701. The van der Waals surface area contributed by atoms with E-state index >= 15 is 0 Å². The number of aryl methyl sites for hydroxylation is 1. The molecule has 1 unspecified atom stereocenters. The van der Waals surface area contributed by atoms with E-state index in [9.17, 15) is 5.11 Å². The van der Waals surface area contributed by atoms with Gasteiger partial charge in [0.2, 0.25) is 0 Å². The van der Waals surface area contributed by atoms with Gasteiger partial charge < -0.3 is 10.4 Å². The van der Waals surface area contributed by atoms with Crippen molar-refractivity contribution in [2.75, 3.05) is 11.9 Å². The van der Waals surface area contributed by atoms with E-state index in [1.807, 2.05) is 31.2 Å². The van der Waals surface area contributed by atoms with Crippen molar-refractivity contribution in [1.29, 1.82) is 0 Å². The lowest BCUT2D eigenvalue weighted by atomic mass is 10.1. The summed E-state index contributed by atoms with van der Waals surface area (Å²) in [5.41, 5.74) is 2.79. The van der Waals surface area contributed by atoms with Crippen LogP contribution in [-0.2, 0) is 0 Å². The molecule has 0 fully saturated rings. The third-order valence-corrected chi connectivity index (χ3v) is 3.45. The molecule has 0 aliphatic rings. The number of benzene rings is 2. The molecule has 0 aliphatic heterocycles. The van der Waals surface area contributed by atoms with Crippen LogP contribution >= 0.6 is 23.2 Å². The molecule has 100 valence electrons. The zero-order valence-electron chi connectivity index (χ0n) is 10.5. The molecule has 0 aliphatic carbocycles. The standard InChI is InChI=1S/C15H15Cl2NO/c1-10-2-5-12(6-3-10)18-9-15(19)13-8-11(16)4-7-14(13)17/h2-8,15,18-19H,9H2,1H3. The number of nitrogens with one attached hydrogen (secondary N) is 1. The Labute approximate surface area is 123 Å². The summed E-state index contributed by atoms with van der Waals surface area (Å²) >= 11 is 12.0. The molecule has 1 atom stereocenters. The van der Waals surface area contributed by atoms with Gasteiger partial charge in [0.25, 0.3) is 0 Å². The number of anilines is 1. The summed E-state index contributed by atoms with van der Waals surface area (Å²) in [5, 5.41) is 14.4. The Morgan fingerprint density at radius 2 is 1.79 bits per heavy atom. The summed E-state index contributed by atoms with van der Waals surface area (Å²) in [4.78, 5) is 0. The molecule has 19 heavy (non-hydrogen) atoms. The second kappa shape index (κ2) is 6.29. The monoisotopic (exact) mass is 295 g/mol. The zero-order valence-corrected chi connectivity index (χ0v) is 12.0. The van der Waals surface area contributed by atoms with Crippen LogP contribution in [0.2, 0.25) is 10.0 Å². The number of rotatable bonds is 4. The molecular formula is C15H15Cl2NO. The largest absolute Gasteiger partial charge is 0.387 e. The van der Waals surface area contributed by atoms with E-state index in [0.29, 0.717) is 22.2 Å². The molecule has 0 radical (unpaired) electrons. The van der Waals surface area contributed by atoms with E-state index in [0.717, 1.165) is 5.69 Å². The van der Waals surface area contributed by atoms with Gasteiger partial charge in [0.15, 0.2) is 0 Å². The summed E-state index contributed by atoms with van der Waals surface area (Å²) in [6, 6.07) is 13.1. The molecule has 2 nitrogen and oxygen atoms in total. The number of aliphatic hydroxyl groups excluding tert-OH is 1. The highest BCUT2D eigenvalue weighted by molar-refractivity contribution is 6.33. The molecule has 2 N–H and O–H groups in total. The predicted octanol–water partition coefficient (Wildman–Crippen LogP) is 4.45. The molecule has 0 amide bonds. The van der Waals surface area contributed by atoms with Crippen molar-refractivity contribution in [2.45, 2.75) is 13.0 Å². The third-order valence-electron chi connectivity index (χ3n) is 2.87. The first kappa shape index (κ1) is 14.2. The molecular weight excluding hydrogens is 281 g/mol. The summed E-state index contributed by atoms with van der Waals surface area (Å²) < 4.78 is 0. The first-order valence-electron chi connectivity index (χ1n) is 6.00. The first-order chi connectivity index (χ1) is 9.06. The van der Waals surface area contributed by atoms with Gasteiger partial charge in [-0.1, -0.05) is 40.9 Å². The van der Waals surface area contributed by atoms with Gasteiger partial charge in [-0.05, 0) is 37.3 Å². The van der Waals surface area contributed by atoms with Crippen LogP contribution in [0.5, 0.6) is 0 Å². The smallest absolute Gasteiger partial charge is 0.0977 e. The maximum atomic E-state index is 10.1. The molecule has 0 heterocycles. The van der Waals surface area contributed by atoms with E-state index in [4.69, 9.17) is 23.2 Å². The Kier molecular flexibility index (Phi) is 4.70. The second-order valence-electron chi connectivity index (χ2n) is 4.43. The fraction of sp³-hybridized carbons (Fsp3) is 0.200. The van der Waals surface area contributed by atoms with E-state index in [-0.39, 0.29) is 0 Å². The molecule has 0 aromatic heterocycles. The highest BCUT2D eigenvalue weighted by Crippen LogP contribution is 2.26. The first-order valence-corrected chi connectivity index (χ1v) is 6.75. The topological polar surface area (TPSA) is 32.3 Å². The van der Waals surface area contributed by atoms with Gasteiger partial charge in [0, 0.05) is 27.8 Å². The Morgan fingerprint density at radius 1 is 1.11 bits per heavy atom. The highest BCUT2D eigenvalue weighted by atomic mass is 35.5. The second-order valence-corrected chi connectivity index (χ2v) is 5.27. The van der Waals surface area contributed by atoms with Crippen LogP contribution in [0.15, 0.2) is 42.5 Å². The van der Waals surface area contributed by atoms with Crippen molar-refractivity contribution in [2.24, 2.45) is 0 Å². The van der Waals surface area contributed by atoms with E-state index in [2.05, 4.69) is 5.32 Å². The summed E-state index contributed by atoms with van der Waals surface area (Å²) in [7, 11) is 0. The maximum absolute atomic E-state index is 10.1. The fourth-order valence-corrected chi connectivity index (χ4v) is 2.19. The van der Waals surface area contributed by atoms with Crippen molar-refractivity contribution in [3.63, 3.8) is 0 Å². The minimum Gasteiger partial charge on any atom is -0.387 e. The third kappa shape index (κ3) is 3.87. The molecule has 0 spiro atoms. The van der Waals surface area contributed by atoms with Crippen molar-refractivity contribution in [1.82, 2.24) is 0 Å². The lowest BCUT2D eigenvalue weighted by Gasteiger charge is -2.15. The van der Waals surface area contributed by atoms with Crippen molar-refractivity contribution in [3.05, 3.63) is 63.6 Å². The van der Waals surface area contributed by atoms with Gasteiger partial charge in [-0.2, -0.15) is 0 Å². The number of aliphatic hydroxyl groups is 1. The lowest BCUT2D eigenvalue weighted by Crippen LogP contribution is -2.12. The van der Waals surface area contributed by atoms with Gasteiger partial charge in [0.1, 0.15) is 0 Å².